The molecule has 2 aromatic rings. The first-order chi connectivity index (χ1) is 7.25. The molecule has 0 aliphatic rings. The minimum atomic E-state index is 0.474. The molecule has 0 saturated carbocycles. The number of rotatable bonds is 3. The van der Waals surface area contributed by atoms with Crippen LogP contribution in [0.2, 0.25) is 10.0 Å². The number of halogens is 2. The molecule has 78 valence electrons. The molecule has 2 rings (SSSR count). The Morgan fingerprint density at radius 2 is 2.27 bits per heavy atom. The summed E-state index contributed by atoms with van der Waals surface area (Å²) in [4.78, 5) is 4.04. The molecule has 1 N–H and O–H groups in total. The first-order valence-electron chi connectivity index (χ1n) is 4.20. The lowest BCUT2D eigenvalue weighted by atomic mass is 10.4. The molecule has 0 aliphatic carbocycles. The Morgan fingerprint density at radius 3 is 2.93 bits per heavy atom. The molecule has 0 aliphatic heterocycles. The van der Waals surface area contributed by atoms with Crippen molar-refractivity contribution >= 4 is 29.0 Å². The van der Waals surface area contributed by atoms with Crippen LogP contribution in [-0.2, 0) is 6.54 Å². The predicted octanol–water partition coefficient (Wildman–Crippen LogP) is 2.99. The van der Waals surface area contributed by atoms with Gasteiger partial charge in [0.1, 0.15) is 5.82 Å². The van der Waals surface area contributed by atoms with E-state index in [0.717, 1.165) is 0 Å². The number of anilines is 1. The minimum Gasteiger partial charge on any atom is -0.361 e. The highest BCUT2D eigenvalue weighted by molar-refractivity contribution is 6.35. The summed E-state index contributed by atoms with van der Waals surface area (Å²) in [7, 11) is 0. The average molecular weight is 244 g/mol. The zero-order chi connectivity index (χ0) is 10.7. The molecule has 4 nitrogen and oxygen atoms in total. The summed E-state index contributed by atoms with van der Waals surface area (Å²) in [5.41, 5.74) is 0. The van der Waals surface area contributed by atoms with Crippen molar-refractivity contribution in [1.29, 1.82) is 0 Å². The summed E-state index contributed by atoms with van der Waals surface area (Å²) in [5.74, 6) is 1.28. The third-order valence-corrected chi connectivity index (χ3v) is 2.22. The van der Waals surface area contributed by atoms with E-state index in [1.165, 1.54) is 6.20 Å². The highest BCUT2D eigenvalue weighted by Crippen LogP contribution is 2.22. The average Bonchev–Trinajstić information content (AvgIpc) is 2.69. The maximum absolute atomic E-state index is 5.91. The summed E-state index contributed by atoms with van der Waals surface area (Å²) in [5, 5.41) is 7.57. The van der Waals surface area contributed by atoms with Crippen molar-refractivity contribution in [2.24, 2.45) is 0 Å². The van der Waals surface area contributed by atoms with E-state index in [1.807, 2.05) is 0 Å². The number of hydrogen-bond donors (Lipinski definition) is 1. The van der Waals surface area contributed by atoms with Gasteiger partial charge in [-0.15, -0.1) is 0 Å². The third-order valence-electron chi connectivity index (χ3n) is 1.73. The molecule has 2 heterocycles. The lowest BCUT2D eigenvalue weighted by Gasteiger charge is -2.04. The fourth-order valence-corrected chi connectivity index (χ4v) is 1.50. The molecule has 0 unspecified atom stereocenters. The molecule has 0 bridgehead atoms. The fourth-order valence-electron chi connectivity index (χ4n) is 1.05. The van der Waals surface area contributed by atoms with Gasteiger partial charge >= 0.3 is 0 Å². The van der Waals surface area contributed by atoms with Crippen LogP contribution < -0.4 is 5.32 Å². The van der Waals surface area contributed by atoms with Gasteiger partial charge in [0.05, 0.1) is 22.8 Å². The second-order valence-corrected chi connectivity index (χ2v) is 3.66. The van der Waals surface area contributed by atoms with E-state index in [1.54, 1.807) is 18.3 Å². The van der Waals surface area contributed by atoms with E-state index in [4.69, 9.17) is 27.7 Å². The molecule has 0 radical (unpaired) electrons. The van der Waals surface area contributed by atoms with Crippen LogP contribution in [0.1, 0.15) is 5.76 Å². The van der Waals surface area contributed by atoms with Crippen molar-refractivity contribution in [3.05, 3.63) is 40.3 Å². The van der Waals surface area contributed by atoms with Crippen LogP contribution in [-0.4, -0.2) is 10.1 Å². The Hall–Kier alpha value is -1.26. The van der Waals surface area contributed by atoms with Gasteiger partial charge in [0, 0.05) is 12.3 Å². The summed E-state index contributed by atoms with van der Waals surface area (Å²) in [6.45, 7) is 0.481. The highest BCUT2D eigenvalue weighted by Gasteiger charge is 2.03. The monoisotopic (exact) mass is 243 g/mol. The second-order valence-electron chi connectivity index (χ2n) is 2.82. The topological polar surface area (TPSA) is 51.0 Å². The molecule has 15 heavy (non-hydrogen) atoms. The van der Waals surface area contributed by atoms with Gasteiger partial charge in [-0.25, -0.2) is 4.98 Å². The highest BCUT2D eigenvalue weighted by atomic mass is 35.5. The smallest absolute Gasteiger partial charge is 0.155 e. The second kappa shape index (κ2) is 4.51. The normalized spacial score (nSPS) is 10.3. The van der Waals surface area contributed by atoms with Crippen molar-refractivity contribution < 1.29 is 4.52 Å². The number of nitrogens with one attached hydrogen (secondary N) is 1. The lowest BCUT2D eigenvalue weighted by molar-refractivity contribution is 0.388. The molecular formula is C9H7Cl2N3O. The van der Waals surface area contributed by atoms with Gasteiger partial charge in [-0.2, -0.15) is 0 Å². The van der Waals surface area contributed by atoms with Crippen molar-refractivity contribution in [2.75, 3.05) is 5.32 Å². The van der Waals surface area contributed by atoms with Crippen molar-refractivity contribution in [3.8, 4) is 0 Å². The molecule has 0 fully saturated rings. The van der Waals surface area contributed by atoms with E-state index in [9.17, 15) is 0 Å². The lowest BCUT2D eigenvalue weighted by Crippen LogP contribution is -2.00. The number of aromatic nitrogens is 2. The van der Waals surface area contributed by atoms with Crippen LogP contribution in [0, 0.1) is 0 Å². The van der Waals surface area contributed by atoms with E-state index < -0.39 is 0 Å². The summed E-state index contributed by atoms with van der Waals surface area (Å²) in [6.07, 6.45) is 3.10. The molecule has 0 aromatic carbocycles. The molecule has 0 atom stereocenters. The van der Waals surface area contributed by atoms with Gasteiger partial charge in [0.15, 0.2) is 5.76 Å². The van der Waals surface area contributed by atoms with Crippen LogP contribution in [0.25, 0.3) is 0 Å². The van der Waals surface area contributed by atoms with Crippen LogP contribution in [0.4, 0.5) is 5.82 Å². The zero-order valence-electron chi connectivity index (χ0n) is 7.58. The van der Waals surface area contributed by atoms with Crippen LogP contribution in [0.3, 0.4) is 0 Å². The van der Waals surface area contributed by atoms with Gasteiger partial charge in [-0.05, 0) is 6.07 Å². The van der Waals surface area contributed by atoms with Crippen molar-refractivity contribution in [1.82, 2.24) is 10.1 Å². The van der Waals surface area contributed by atoms with Crippen LogP contribution >= 0.6 is 23.2 Å². The standard InChI is InChI=1S/C9H7Cl2N3O/c10-6-3-8(11)9(12-4-6)13-5-7-1-2-14-15-7/h1-4H,5H2,(H,12,13). The number of hydrogen-bond acceptors (Lipinski definition) is 4. The Balaban J connectivity index is 2.05. The van der Waals surface area contributed by atoms with E-state index in [0.29, 0.717) is 28.2 Å². The maximum Gasteiger partial charge on any atom is 0.155 e. The SMILES string of the molecule is Clc1cnc(NCc2ccno2)c(Cl)c1. The largest absolute Gasteiger partial charge is 0.361 e. The van der Waals surface area contributed by atoms with Crippen LogP contribution in [0.15, 0.2) is 29.0 Å². The maximum atomic E-state index is 5.91. The van der Waals surface area contributed by atoms with Gasteiger partial charge in [0.25, 0.3) is 0 Å². The molecular weight excluding hydrogens is 237 g/mol. The van der Waals surface area contributed by atoms with Gasteiger partial charge in [0.2, 0.25) is 0 Å². The molecule has 2 aromatic heterocycles. The van der Waals surface area contributed by atoms with E-state index >= 15 is 0 Å². The first kappa shape index (κ1) is 10.3. The number of pyridine rings is 1. The molecule has 0 amide bonds. The first-order valence-corrected chi connectivity index (χ1v) is 4.96. The third kappa shape index (κ3) is 2.61. The Labute approximate surface area is 96.2 Å². The molecule has 6 heteroatoms. The summed E-state index contributed by atoms with van der Waals surface area (Å²) >= 11 is 11.6. The van der Waals surface area contributed by atoms with Gasteiger partial charge in [-0.1, -0.05) is 28.4 Å². The molecule has 0 saturated heterocycles. The predicted molar refractivity (Wildman–Crippen MR) is 58.1 cm³/mol. The van der Waals surface area contributed by atoms with Crippen molar-refractivity contribution in [3.63, 3.8) is 0 Å². The minimum absolute atomic E-state index is 0.474. The zero-order valence-corrected chi connectivity index (χ0v) is 9.09. The summed E-state index contributed by atoms with van der Waals surface area (Å²) < 4.78 is 4.91. The Kier molecular flexibility index (Phi) is 3.08. The van der Waals surface area contributed by atoms with Gasteiger partial charge < -0.3 is 9.84 Å². The summed E-state index contributed by atoms with van der Waals surface area (Å²) in [6, 6.07) is 3.38. The van der Waals surface area contributed by atoms with Gasteiger partial charge in [-0.3, -0.25) is 0 Å². The Morgan fingerprint density at radius 1 is 1.40 bits per heavy atom. The Bertz CT molecular complexity index is 445. The fraction of sp³-hybridized carbons (Fsp3) is 0.111. The van der Waals surface area contributed by atoms with Crippen molar-refractivity contribution in [2.45, 2.75) is 6.54 Å². The number of nitrogens with zero attached hydrogens (tertiary/aromatic N) is 2. The molecule has 0 spiro atoms. The van der Waals surface area contributed by atoms with E-state index in [-0.39, 0.29) is 0 Å². The van der Waals surface area contributed by atoms with Crippen LogP contribution in [0.5, 0.6) is 0 Å². The quantitative estimate of drug-likeness (QED) is 0.901. The van der Waals surface area contributed by atoms with E-state index in [2.05, 4.69) is 15.5 Å².